The molecule has 0 spiro atoms. The fourth-order valence-corrected chi connectivity index (χ4v) is 1.74. The average Bonchev–Trinajstić information content (AvgIpc) is 2.25. The molecular weight excluding hydrogens is 196 g/mol. The predicted octanol–water partition coefficient (Wildman–Crippen LogP) is 4.62. The molecule has 0 amide bonds. The Morgan fingerprint density at radius 3 is 2.25 bits per heavy atom. The summed E-state index contributed by atoms with van der Waals surface area (Å²) in [5, 5.41) is 8.72. The summed E-state index contributed by atoms with van der Waals surface area (Å²) >= 11 is 0. The SMILES string of the molecule is CCCCCCC(C)=CCC/C(C)=C/CO. The maximum atomic E-state index is 8.72. The Labute approximate surface area is 101 Å². The van der Waals surface area contributed by atoms with Crippen molar-refractivity contribution in [3.05, 3.63) is 23.3 Å². The molecule has 0 saturated heterocycles. The van der Waals surface area contributed by atoms with E-state index in [0.717, 1.165) is 12.8 Å². The van der Waals surface area contributed by atoms with Crippen LogP contribution < -0.4 is 0 Å². The Bertz CT molecular complexity index is 213. The highest BCUT2D eigenvalue weighted by Crippen LogP contribution is 2.12. The van der Waals surface area contributed by atoms with Crippen molar-refractivity contribution in [2.24, 2.45) is 0 Å². The summed E-state index contributed by atoms with van der Waals surface area (Å²) < 4.78 is 0. The third-order valence-electron chi connectivity index (χ3n) is 2.90. The standard InChI is InChI=1S/C15H28O/c1-4-5-6-7-9-14(2)10-8-11-15(3)12-13-16/h10,12,16H,4-9,11,13H2,1-3H3/b14-10?,15-12+. The summed E-state index contributed by atoms with van der Waals surface area (Å²) in [6.45, 7) is 6.74. The molecule has 0 saturated carbocycles. The lowest BCUT2D eigenvalue weighted by atomic mass is 10.0. The van der Waals surface area contributed by atoms with Crippen LogP contribution in [0.5, 0.6) is 0 Å². The summed E-state index contributed by atoms with van der Waals surface area (Å²) in [5.41, 5.74) is 2.81. The first-order valence-electron chi connectivity index (χ1n) is 6.62. The summed E-state index contributed by atoms with van der Waals surface area (Å²) in [6, 6.07) is 0. The van der Waals surface area contributed by atoms with Crippen LogP contribution in [-0.4, -0.2) is 11.7 Å². The number of rotatable bonds is 9. The highest BCUT2D eigenvalue weighted by Gasteiger charge is 1.92. The molecule has 0 aromatic carbocycles. The highest BCUT2D eigenvalue weighted by atomic mass is 16.2. The molecule has 0 bridgehead atoms. The lowest BCUT2D eigenvalue weighted by Crippen LogP contribution is -1.83. The van der Waals surface area contributed by atoms with Crippen molar-refractivity contribution in [2.75, 3.05) is 6.61 Å². The molecule has 0 atom stereocenters. The first-order chi connectivity index (χ1) is 7.70. The van der Waals surface area contributed by atoms with Crippen molar-refractivity contribution in [1.29, 1.82) is 0 Å². The van der Waals surface area contributed by atoms with E-state index in [-0.39, 0.29) is 6.61 Å². The minimum absolute atomic E-state index is 0.172. The number of unbranched alkanes of at least 4 members (excludes halogenated alkanes) is 3. The molecule has 1 nitrogen and oxygen atoms in total. The van der Waals surface area contributed by atoms with Crippen LogP contribution >= 0.6 is 0 Å². The van der Waals surface area contributed by atoms with Gasteiger partial charge in [0.05, 0.1) is 6.61 Å². The number of hydrogen-bond donors (Lipinski definition) is 1. The summed E-state index contributed by atoms with van der Waals surface area (Å²) in [7, 11) is 0. The lowest BCUT2D eigenvalue weighted by molar-refractivity contribution is 0.341. The van der Waals surface area contributed by atoms with Crippen molar-refractivity contribution in [3.8, 4) is 0 Å². The molecular formula is C15H28O. The van der Waals surface area contributed by atoms with Gasteiger partial charge in [0, 0.05) is 0 Å². The van der Waals surface area contributed by atoms with Gasteiger partial charge in [-0.15, -0.1) is 0 Å². The van der Waals surface area contributed by atoms with Crippen LogP contribution in [0.25, 0.3) is 0 Å². The number of aliphatic hydroxyl groups excluding tert-OH is 1. The molecule has 0 fully saturated rings. The molecule has 0 aromatic heterocycles. The van der Waals surface area contributed by atoms with Gasteiger partial charge in [-0.3, -0.25) is 0 Å². The van der Waals surface area contributed by atoms with E-state index in [0.29, 0.717) is 0 Å². The van der Waals surface area contributed by atoms with E-state index in [2.05, 4.69) is 26.8 Å². The van der Waals surface area contributed by atoms with Gasteiger partial charge >= 0.3 is 0 Å². The topological polar surface area (TPSA) is 20.2 Å². The van der Waals surface area contributed by atoms with Crippen LogP contribution in [-0.2, 0) is 0 Å². The summed E-state index contributed by atoms with van der Waals surface area (Å²) in [4.78, 5) is 0. The summed E-state index contributed by atoms with van der Waals surface area (Å²) in [5.74, 6) is 0. The zero-order valence-electron chi connectivity index (χ0n) is 11.3. The van der Waals surface area contributed by atoms with E-state index in [9.17, 15) is 0 Å². The fraction of sp³-hybridized carbons (Fsp3) is 0.733. The molecule has 16 heavy (non-hydrogen) atoms. The van der Waals surface area contributed by atoms with Crippen molar-refractivity contribution >= 4 is 0 Å². The molecule has 1 heteroatoms. The maximum absolute atomic E-state index is 8.72. The maximum Gasteiger partial charge on any atom is 0.0614 e. The van der Waals surface area contributed by atoms with Crippen molar-refractivity contribution in [1.82, 2.24) is 0 Å². The third kappa shape index (κ3) is 9.97. The normalized spacial score (nSPS) is 13.2. The number of aliphatic hydroxyl groups is 1. The van der Waals surface area contributed by atoms with E-state index in [4.69, 9.17) is 5.11 Å². The first kappa shape index (κ1) is 15.4. The molecule has 0 aliphatic carbocycles. The van der Waals surface area contributed by atoms with E-state index >= 15 is 0 Å². The molecule has 1 N–H and O–H groups in total. The Morgan fingerprint density at radius 2 is 1.62 bits per heavy atom. The molecule has 94 valence electrons. The van der Waals surface area contributed by atoms with Crippen LogP contribution in [0.15, 0.2) is 23.3 Å². The quantitative estimate of drug-likeness (QED) is 0.447. The second-order valence-electron chi connectivity index (χ2n) is 4.63. The van der Waals surface area contributed by atoms with Gasteiger partial charge in [-0.2, -0.15) is 0 Å². The van der Waals surface area contributed by atoms with Crippen LogP contribution in [0.3, 0.4) is 0 Å². The second kappa shape index (κ2) is 10.9. The van der Waals surface area contributed by atoms with Gasteiger partial charge < -0.3 is 5.11 Å². The minimum atomic E-state index is 0.172. The van der Waals surface area contributed by atoms with Crippen LogP contribution in [0.1, 0.15) is 65.7 Å². The molecule has 0 aromatic rings. The highest BCUT2D eigenvalue weighted by molar-refractivity contribution is 5.03. The van der Waals surface area contributed by atoms with Crippen molar-refractivity contribution in [3.63, 3.8) is 0 Å². The molecule has 0 radical (unpaired) electrons. The van der Waals surface area contributed by atoms with E-state index < -0.39 is 0 Å². The monoisotopic (exact) mass is 224 g/mol. The molecule has 0 heterocycles. The molecule has 0 aliphatic rings. The van der Waals surface area contributed by atoms with Crippen LogP contribution in [0.2, 0.25) is 0 Å². The van der Waals surface area contributed by atoms with Crippen molar-refractivity contribution in [2.45, 2.75) is 65.7 Å². The van der Waals surface area contributed by atoms with Crippen LogP contribution in [0, 0.1) is 0 Å². The molecule has 0 aliphatic heterocycles. The molecule has 0 unspecified atom stereocenters. The number of allylic oxidation sites excluding steroid dienone is 3. The average molecular weight is 224 g/mol. The van der Waals surface area contributed by atoms with E-state index in [1.165, 1.54) is 43.3 Å². The Hall–Kier alpha value is -0.560. The Morgan fingerprint density at radius 1 is 0.938 bits per heavy atom. The van der Waals surface area contributed by atoms with Crippen LogP contribution in [0.4, 0.5) is 0 Å². The minimum Gasteiger partial charge on any atom is -0.392 e. The second-order valence-corrected chi connectivity index (χ2v) is 4.63. The van der Waals surface area contributed by atoms with Gasteiger partial charge in [0.15, 0.2) is 0 Å². The number of hydrogen-bond acceptors (Lipinski definition) is 1. The largest absolute Gasteiger partial charge is 0.392 e. The van der Waals surface area contributed by atoms with Gasteiger partial charge in [0.2, 0.25) is 0 Å². The Balaban J connectivity index is 3.58. The summed E-state index contributed by atoms with van der Waals surface area (Å²) in [6.07, 6.45) is 13.1. The lowest BCUT2D eigenvalue weighted by Gasteiger charge is -2.02. The van der Waals surface area contributed by atoms with Gasteiger partial charge in [-0.1, -0.05) is 49.5 Å². The smallest absolute Gasteiger partial charge is 0.0614 e. The first-order valence-corrected chi connectivity index (χ1v) is 6.62. The predicted molar refractivity (Wildman–Crippen MR) is 72.6 cm³/mol. The Kier molecular flexibility index (Phi) is 10.6. The van der Waals surface area contributed by atoms with E-state index in [1.807, 2.05) is 6.08 Å². The van der Waals surface area contributed by atoms with Crippen molar-refractivity contribution < 1.29 is 5.11 Å². The fourth-order valence-electron chi connectivity index (χ4n) is 1.74. The molecule has 0 rings (SSSR count). The third-order valence-corrected chi connectivity index (χ3v) is 2.90. The van der Waals surface area contributed by atoms with E-state index in [1.54, 1.807) is 0 Å². The van der Waals surface area contributed by atoms with Gasteiger partial charge in [-0.05, 0) is 39.5 Å². The van der Waals surface area contributed by atoms with Gasteiger partial charge in [-0.25, -0.2) is 0 Å². The zero-order chi connectivity index (χ0) is 12.2. The zero-order valence-corrected chi connectivity index (χ0v) is 11.3. The van der Waals surface area contributed by atoms with Gasteiger partial charge in [0.25, 0.3) is 0 Å². The van der Waals surface area contributed by atoms with Gasteiger partial charge in [0.1, 0.15) is 0 Å².